The molecule has 5 heteroatoms. The molecule has 4 rings (SSSR count). The lowest BCUT2D eigenvalue weighted by molar-refractivity contribution is 0.0910. The molecule has 2 aromatic rings. The molecule has 126 valence electrons. The fourth-order valence-corrected chi connectivity index (χ4v) is 3.22. The highest BCUT2D eigenvalue weighted by Gasteiger charge is 2.31. The van der Waals surface area contributed by atoms with Crippen molar-refractivity contribution in [2.45, 2.75) is 26.7 Å². The summed E-state index contributed by atoms with van der Waals surface area (Å²) < 4.78 is 5.51. The minimum absolute atomic E-state index is 0.0214. The smallest absolute Gasteiger partial charge is 0.170 e. The van der Waals surface area contributed by atoms with Crippen LogP contribution in [0, 0.1) is 17.3 Å². The second-order valence-corrected chi connectivity index (χ2v) is 7.23. The Morgan fingerprint density at radius 1 is 1.24 bits per heavy atom. The average Bonchev–Trinajstić information content (AvgIpc) is 2.59. The number of Topliss-reactive ketones (excluding diaryl/α,β-unsaturated/α-hetero) is 1. The van der Waals surface area contributed by atoms with Crippen LogP contribution in [0.3, 0.4) is 0 Å². The Kier molecular flexibility index (Phi) is 3.69. The Morgan fingerprint density at radius 2 is 2.12 bits per heavy atom. The third kappa shape index (κ3) is 3.20. The highest BCUT2D eigenvalue weighted by molar-refractivity contribution is 5.98. The van der Waals surface area contributed by atoms with E-state index in [4.69, 9.17) is 4.74 Å². The van der Waals surface area contributed by atoms with Gasteiger partial charge in [-0.3, -0.25) is 9.78 Å². The van der Waals surface area contributed by atoms with Gasteiger partial charge < -0.3 is 10.1 Å². The number of nitrogens with zero attached hydrogens (tertiary/aromatic N) is 2. The SMILES string of the molecule is CC1(C)CC(=O)c2cc(C#Cc3ccc4c(n3)NCCO4)cnc2C1. The number of ether oxygens (including phenoxy) is 1. The van der Waals surface area contributed by atoms with Gasteiger partial charge in [0.2, 0.25) is 0 Å². The van der Waals surface area contributed by atoms with E-state index in [2.05, 4.69) is 41.0 Å². The summed E-state index contributed by atoms with van der Waals surface area (Å²) in [6, 6.07) is 5.56. The van der Waals surface area contributed by atoms with Gasteiger partial charge in [0.25, 0.3) is 0 Å². The van der Waals surface area contributed by atoms with Gasteiger partial charge in [0.1, 0.15) is 12.3 Å². The number of rotatable bonds is 0. The number of pyridine rings is 2. The highest BCUT2D eigenvalue weighted by atomic mass is 16.5. The van der Waals surface area contributed by atoms with Crippen LogP contribution in [0.1, 0.15) is 47.6 Å². The van der Waals surface area contributed by atoms with Crippen molar-refractivity contribution in [2.24, 2.45) is 5.41 Å². The van der Waals surface area contributed by atoms with Gasteiger partial charge in [-0.2, -0.15) is 0 Å². The first-order chi connectivity index (χ1) is 12.0. The molecular weight excluding hydrogens is 314 g/mol. The Hall–Kier alpha value is -2.87. The summed E-state index contributed by atoms with van der Waals surface area (Å²) in [7, 11) is 0. The molecule has 0 aromatic carbocycles. The van der Waals surface area contributed by atoms with E-state index >= 15 is 0 Å². The maximum Gasteiger partial charge on any atom is 0.170 e. The number of anilines is 1. The van der Waals surface area contributed by atoms with E-state index < -0.39 is 0 Å². The van der Waals surface area contributed by atoms with Gasteiger partial charge in [0.15, 0.2) is 17.4 Å². The van der Waals surface area contributed by atoms with Crippen LogP contribution in [-0.2, 0) is 6.42 Å². The predicted octanol–water partition coefficient (Wildman–Crippen LogP) is 2.84. The molecule has 0 bridgehead atoms. The van der Waals surface area contributed by atoms with Crippen molar-refractivity contribution in [1.82, 2.24) is 9.97 Å². The Balaban J connectivity index is 1.62. The van der Waals surface area contributed by atoms with Gasteiger partial charge in [0.05, 0.1) is 12.2 Å². The molecule has 1 aliphatic carbocycles. The number of aromatic nitrogens is 2. The van der Waals surface area contributed by atoms with Gasteiger partial charge in [-0.1, -0.05) is 19.8 Å². The summed E-state index contributed by atoms with van der Waals surface area (Å²) in [5.41, 5.74) is 2.95. The van der Waals surface area contributed by atoms with Crippen LogP contribution >= 0.6 is 0 Å². The number of carbonyl (C=O) groups excluding carboxylic acids is 1. The van der Waals surface area contributed by atoms with Crippen molar-refractivity contribution in [3.8, 4) is 17.6 Å². The average molecular weight is 333 g/mol. The summed E-state index contributed by atoms with van der Waals surface area (Å²) in [5, 5.41) is 3.19. The number of carbonyl (C=O) groups is 1. The van der Waals surface area contributed by atoms with Crippen LogP contribution in [0.15, 0.2) is 24.4 Å². The van der Waals surface area contributed by atoms with Crippen molar-refractivity contribution in [3.63, 3.8) is 0 Å². The van der Waals surface area contributed by atoms with Gasteiger partial charge in [-0.05, 0) is 36.0 Å². The number of nitrogens with one attached hydrogen (secondary N) is 1. The van der Waals surface area contributed by atoms with Gasteiger partial charge >= 0.3 is 0 Å². The number of hydrogen-bond acceptors (Lipinski definition) is 5. The van der Waals surface area contributed by atoms with Crippen molar-refractivity contribution in [2.75, 3.05) is 18.5 Å². The van der Waals surface area contributed by atoms with Crippen LogP contribution < -0.4 is 10.1 Å². The first-order valence-corrected chi connectivity index (χ1v) is 8.42. The van der Waals surface area contributed by atoms with Gasteiger partial charge in [0, 0.05) is 23.7 Å². The van der Waals surface area contributed by atoms with E-state index in [1.54, 1.807) is 6.20 Å². The second kappa shape index (κ2) is 5.89. The summed E-state index contributed by atoms with van der Waals surface area (Å²) in [5.74, 6) is 7.72. The van der Waals surface area contributed by atoms with Crippen LogP contribution in [0.25, 0.3) is 0 Å². The molecule has 0 radical (unpaired) electrons. The minimum Gasteiger partial charge on any atom is -0.488 e. The van der Waals surface area contributed by atoms with Crippen LogP contribution in [0.2, 0.25) is 0 Å². The molecule has 1 N–H and O–H groups in total. The van der Waals surface area contributed by atoms with Crippen LogP contribution in [-0.4, -0.2) is 28.9 Å². The molecule has 3 heterocycles. The normalized spacial score (nSPS) is 17.3. The molecule has 1 aliphatic heterocycles. The molecule has 2 aromatic heterocycles. The van der Waals surface area contributed by atoms with Crippen LogP contribution in [0.4, 0.5) is 5.82 Å². The third-order valence-corrected chi connectivity index (χ3v) is 4.40. The fraction of sp³-hybridized carbons (Fsp3) is 0.350. The summed E-state index contributed by atoms with van der Waals surface area (Å²) in [6.45, 7) is 5.58. The van der Waals surface area contributed by atoms with Crippen molar-refractivity contribution >= 4 is 11.6 Å². The molecule has 0 amide bonds. The van der Waals surface area contributed by atoms with Gasteiger partial charge in [-0.15, -0.1) is 0 Å². The first-order valence-electron chi connectivity index (χ1n) is 8.42. The lowest BCUT2D eigenvalue weighted by Crippen LogP contribution is -2.27. The summed E-state index contributed by atoms with van der Waals surface area (Å²) >= 11 is 0. The molecule has 0 spiro atoms. The highest BCUT2D eigenvalue weighted by Crippen LogP contribution is 2.33. The number of ketones is 1. The molecule has 0 atom stereocenters. The molecule has 0 saturated carbocycles. The molecule has 25 heavy (non-hydrogen) atoms. The van der Waals surface area contributed by atoms with Gasteiger partial charge in [-0.25, -0.2) is 4.98 Å². The molecule has 0 unspecified atom stereocenters. The summed E-state index contributed by atoms with van der Waals surface area (Å²) in [6.07, 6.45) is 3.11. The molecule has 2 aliphatic rings. The number of hydrogen-bond donors (Lipinski definition) is 1. The van der Waals surface area contributed by atoms with Crippen molar-refractivity contribution in [1.29, 1.82) is 0 Å². The van der Waals surface area contributed by atoms with E-state index in [1.165, 1.54) is 0 Å². The topological polar surface area (TPSA) is 64.1 Å². The molecular formula is C20H19N3O2. The van der Waals surface area contributed by atoms with Crippen molar-refractivity contribution < 1.29 is 9.53 Å². The second-order valence-electron chi connectivity index (χ2n) is 7.23. The largest absolute Gasteiger partial charge is 0.488 e. The number of fused-ring (bicyclic) bond motifs is 2. The van der Waals surface area contributed by atoms with E-state index in [0.29, 0.717) is 24.3 Å². The minimum atomic E-state index is -0.0214. The fourth-order valence-electron chi connectivity index (χ4n) is 3.22. The Labute approximate surface area is 146 Å². The molecule has 0 saturated heterocycles. The van der Waals surface area contributed by atoms with Crippen LogP contribution in [0.5, 0.6) is 5.75 Å². The van der Waals surface area contributed by atoms with E-state index in [-0.39, 0.29) is 11.2 Å². The first kappa shape index (κ1) is 15.6. The predicted molar refractivity (Wildman–Crippen MR) is 94.9 cm³/mol. The van der Waals surface area contributed by atoms with E-state index in [0.717, 1.165) is 35.8 Å². The Bertz CT molecular complexity index is 922. The Morgan fingerprint density at radius 3 is 3.00 bits per heavy atom. The zero-order chi connectivity index (χ0) is 17.4. The quantitative estimate of drug-likeness (QED) is 0.751. The monoisotopic (exact) mass is 333 g/mol. The van der Waals surface area contributed by atoms with E-state index in [1.807, 2.05) is 18.2 Å². The standard InChI is InChI=1S/C20H19N3O2/c1-20(2)10-16-15(17(24)11-20)9-13(12-22-16)3-4-14-5-6-18-19(23-14)21-7-8-25-18/h5-6,9,12H,7-8,10-11H2,1-2H3,(H,21,23). The molecule has 5 nitrogen and oxygen atoms in total. The zero-order valence-electron chi connectivity index (χ0n) is 14.3. The zero-order valence-corrected chi connectivity index (χ0v) is 14.3. The maximum atomic E-state index is 12.4. The van der Waals surface area contributed by atoms with E-state index in [9.17, 15) is 4.79 Å². The lowest BCUT2D eigenvalue weighted by atomic mass is 9.75. The van der Waals surface area contributed by atoms with Crippen molar-refractivity contribution in [3.05, 3.63) is 46.9 Å². The maximum absolute atomic E-state index is 12.4. The third-order valence-electron chi connectivity index (χ3n) is 4.40. The molecule has 0 fully saturated rings. The summed E-state index contributed by atoms with van der Waals surface area (Å²) in [4.78, 5) is 21.3. The lowest BCUT2D eigenvalue weighted by Gasteiger charge is -2.29.